The molecular formula is C22H21F2N3O2. The first-order valence-electron chi connectivity index (χ1n) is 9.54. The predicted molar refractivity (Wildman–Crippen MR) is 107 cm³/mol. The molecule has 1 aliphatic rings. The Morgan fingerprint density at radius 2 is 1.86 bits per heavy atom. The van der Waals surface area contributed by atoms with Crippen LogP contribution in [0.3, 0.4) is 0 Å². The summed E-state index contributed by atoms with van der Waals surface area (Å²) >= 11 is 0. The Morgan fingerprint density at radius 3 is 2.59 bits per heavy atom. The number of hydrogen-bond donors (Lipinski definition) is 2. The van der Waals surface area contributed by atoms with Crippen molar-refractivity contribution in [3.05, 3.63) is 65.4 Å². The second-order valence-corrected chi connectivity index (χ2v) is 7.45. The monoisotopic (exact) mass is 397 g/mol. The van der Waals surface area contributed by atoms with Crippen molar-refractivity contribution in [2.24, 2.45) is 0 Å². The van der Waals surface area contributed by atoms with Crippen molar-refractivity contribution in [1.29, 1.82) is 0 Å². The van der Waals surface area contributed by atoms with E-state index in [-0.39, 0.29) is 17.5 Å². The number of nitrogens with one attached hydrogen (secondary N) is 2. The molecule has 7 heteroatoms. The molecule has 0 saturated carbocycles. The van der Waals surface area contributed by atoms with Gasteiger partial charge in [0.2, 0.25) is 5.91 Å². The molecule has 2 aromatic carbocycles. The molecule has 150 valence electrons. The lowest BCUT2D eigenvalue weighted by atomic mass is 9.90. The van der Waals surface area contributed by atoms with Crippen LogP contribution in [0, 0.1) is 11.6 Å². The van der Waals surface area contributed by atoms with Crippen LogP contribution in [0.2, 0.25) is 0 Å². The highest BCUT2D eigenvalue weighted by Crippen LogP contribution is 2.29. The van der Waals surface area contributed by atoms with Gasteiger partial charge in [0.1, 0.15) is 17.3 Å². The van der Waals surface area contributed by atoms with Crippen LogP contribution in [-0.2, 0) is 4.79 Å². The first kappa shape index (κ1) is 19.1. The zero-order valence-electron chi connectivity index (χ0n) is 16.0. The van der Waals surface area contributed by atoms with Crippen LogP contribution in [-0.4, -0.2) is 34.8 Å². The molecule has 1 aliphatic heterocycles. The van der Waals surface area contributed by atoms with Crippen LogP contribution in [0.4, 0.5) is 14.5 Å². The number of benzene rings is 2. The number of aromatic nitrogens is 1. The number of fused-ring (bicyclic) bond motifs is 1. The van der Waals surface area contributed by atoms with Gasteiger partial charge in [0.15, 0.2) is 0 Å². The third kappa shape index (κ3) is 4.13. The van der Waals surface area contributed by atoms with Crippen molar-refractivity contribution < 1.29 is 18.4 Å². The maximum atomic E-state index is 13.3. The SMILES string of the molecule is CC(=O)N1CCCC(c2ccc3[nH]c(C(=O)Nc4cc(F)cc(F)c4)cc3c2)C1. The van der Waals surface area contributed by atoms with Gasteiger partial charge >= 0.3 is 0 Å². The highest BCUT2D eigenvalue weighted by atomic mass is 19.1. The number of halogens is 2. The molecule has 0 spiro atoms. The number of likely N-dealkylation sites (tertiary alicyclic amines) is 1. The molecule has 3 aromatic rings. The quantitative estimate of drug-likeness (QED) is 0.687. The van der Waals surface area contributed by atoms with Crippen LogP contribution in [0.25, 0.3) is 10.9 Å². The standard InChI is InChI=1S/C22H21F2N3O2/c1-13(28)27-6-2-3-15(12-27)14-4-5-20-16(7-14)8-21(26-20)22(29)25-19-10-17(23)9-18(24)11-19/h4-5,7-11,15,26H,2-3,6,12H2,1H3,(H,25,29). The third-order valence-electron chi connectivity index (χ3n) is 5.35. The predicted octanol–water partition coefficient (Wildman–Crippen LogP) is 4.42. The van der Waals surface area contributed by atoms with Crippen LogP contribution in [0.1, 0.15) is 41.7 Å². The number of anilines is 1. The number of amides is 2. The molecule has 0 bridgehead atoms. The van der Waals surface area contributed by atoms with Gasteiger partial charge in [-0.3, -0.25) is 9.59 Å². The second-order valence-electron chi connectivity index (χ2n) is 7.45. The first-order valence-corrected chi connectivity index (χ1v) is 9.54. The number of aromatic amines is 1. The van der Waals surface area contributed by atoms with Gasteiger partial charge in [0.05, 0.1) is 0 Å². The maximum Gasteiger partial charge on any atom is 0.272 e. The molecule has 0 aliphatic carbocycles. The Hall–Kier alpha value is -3.22. The van der Waals surface area contributed by atoms with Crippen molar-refractivity contribution >= 4 is 28.4 Å². The Kier molecular flexibility index (Phi) is 5.05. The minimum Gasteiger partial charge on any atom is -0.351 e. The van der Waals surface area contributed by atoms with Gasteiger partial charge in [-0.15, -0.1) is 0 Å². The zero-order chi connectivity index (χ0) is 20.5. The molecular weight excluding hydrogens is 376 g/mol. The molecule has 1 atom stereocenters. The molecule has 2 amide bonds. The summed E-state index contributed by atoms with van der Waals surface area (Å²) in [6.45, 7) is 3.08. The number of carbonyl (C=O) groups is 2. The summed E-state index contributed by atoms with van der Waals surface area (Å²) in [4.78, 5) is 29.1. The van der Waals surface area contributed by atoms with Crippen molar-refractivity contribution in [3.8, 4) is 0 Å². The Balaban J connectivity index is 1.55. The van der Waals surface area contributed by atoms with Gasteiger partial charge in [-0.25, -0.2) is 8.78 Å². The van der Waals surface area contributed by atoms with E-state index in [4.69, 9.17) is 0 Å². The minimum atomic E-state index is -0.756. The van der Waals surface area contributed by atoms with Gasteiger partial charge in [0, 0.05) is 48.6 Å². The van der Waals surface area contributed by atoms with E-state index in [0.717, 1.165) is 54.1 Å². The number of nitrogens with zero attached hydrogens (tertiary/aromatic N) is 1. The highest BCUT2D eigenvalue weighted by molar-refractivity contribution is 6.06. The summed E-state index contributed by atoms with van der Waals surface area (Å²) in [7, 11) is 0. The van der Waals surface area contributed by atoms with Crippen molar-refractivity contribution in [2.45, 2.75) is 25.7 Å². The number of H-pyrrole nitrogens is 1. The largest absolute Gasteiger partial charge is 0.351 e. The average Bonchev–Trinajstić information content (AvgIpc) is 3.11. The van der Waals surface area contributed by atoms with E-state index in [1.54, 1.807) is 13.0 Å². The van der Waals surface area contributed by atoms with Crippen LogP contribution in [0.15, 0.2) is 42.5 Å². The molecule has 29 heavy (non-hydrogen) atoms. The summed E-state index contributed by atoms with van der Waals surface area (Å²) in [5, 5.41) is 3.38. The lowest BCUT2D eigenvalue weighted by Crippen LogP contribution is -2.37. The molecule has 1 fully saturated rings. The van der Waals surface area contributed by atoms with Gasteiger partial charge in [-0.1, -0.05) is 6.07 Å². The van der Waals surface area contributed by atoms with E-state index in [0.29, 0.717) is 12.2 Å². The average molecular weight is 397 g/mol. The van der Waals surface area contributed by atoms with E-state index < -0.39 is 17.5 Å². The molecule has 0 radical (unpaired) electrons. The fourth-order valence-electron chi connectivity index (χ4n) is 3.89. The lowest BCUT2D eigenvalue weighted by Gasteiger charge is -2.32. The second kappa shape index (κ2) is 7.66. The van der Waals surface area contributed by atoms with Crippen molar-refractivity contribution in [1.82, 2.24) is 9.88 Å². The van der Waals surface area contributed by atoms with Gasteiger partial charge in [-0.2, -0.15) is 0 Å². The smallest absolute Gasteiger partial charge is 0.272 e. The van der Waals surface area contributed by atoms with Crippen LogP contribution >= 0.6 is 0 Å². The van der Waals surface area contributed by atoms with Crippen molar-refractivity contribution in [3.63, 3.8) is 0 Å². The summed E-state index contributed by atoms with van der Waals surface area (Å²) in [5.41, 5.74) is 2.28. The number of rotatable bonds is 3. The normalized spacial score (nSPS) is 16.8. The Labute approximate surface area is 166 Å². The molecule has 1 saturated heterocycles. The summed E-state index contributed by atoms with van der Waals surface area (Å²) in [6, 6.07) is 10.5. The zero-order valence-corrected chi connectivity index (χ0v) is 16.0. The van der Waals surface area contributed by atoms with E-state index >= 15 is 0 Å². The summed E-state index contributed by atoms with van der Waals surface area (Å²) < 4.78 is 26.6. The molecule has 4 rings (SSSR count). The fourth-order valence-corrected chi connectivity index (χ4v) is 3.89. The third-order valence-corrected chi connectivity index (χ3v) is 5.35. The van der Waals surface area contributed by atoms with E-state index in [2.05, 4.69) is 10.3 Å². The summed E-state index contributed by atoms with van der Waals surface area (Å²) in [6.07, 6.45) is 1.98. The summed E-state index contributed by atoms with van der Waals surface area (Å²) in [5.74, 6) is -1.64. The molecule has 2 heterocycles. The number of carbonyl (C=O) groups excluding carboxylic acids is 2. The van der Waals surface area contributed by atoms with Crippen LogP contribution < -0.4 is 5.32 Å². The molecule has 5 nitrogen and oxygen atoms in total. The molecule has 1 aromatic heterocycles. The number of piperidine rings is 1. The lowest BCUT2D eigenvalue weighted by molar-refractivity contribution is -0.130. The van der Waals surface area contributed by atoms with Crippen LogP contribution in [0.5, 0.6) is 0 Å². The topological polar surface area (TPSA) is 65.2 Å². The van der Waals surface area contributed by atoms with E-state index in [9.17, 15) is 18.4 Å². The minimum absolute atomic E-state index is 0.0541. The molecule has 2 N–H and O–H groups in total. The molecule has 1 unspecified atom stereocenters. The maximum absolute atomic E-state index is 13.3. The first-order chi connectivity index (χ1) is 13.9. The van der Waals surface area contributed by atoms with Gasteiger partial charge < -0.3 is 15.2 Å². The van der Waals surface area contributed by atoms with Crippen molar-refractivity contribution in [2.75, 3.05) is 18.4 Å². The van der Waals surface area contributed by atoms with Gasteiger partial charge in [-0.05, 0) is 48.7 Å². The van der Waals surface area contributed by atoms with E-state index in [1.807, 2.05) is 23.1 Å². The Bertz CT molecular complexity index is 1070. The van der Waals surface area contributed by atoms with Gasteiger partial charge in [0.25, 0.3) is 5.91 Å². The Morgan fingerprint density at radius 1 is 1.10 bits per heavy atom. The van der Waals surface area contributed by atoms with E-state index in [1.165, 1.54) is 0 Å². The highest BCUT2D eigenvalue weighted by Gasteiger charge is 2.23. The fraction of sp³-hybridized carbons (Fsp3) is 0.273. The number of hydrogen-bond acceptors (Lipinski definition) is 2.